The topological polar surface area (TPSA) is 257 Å². The van der Waals surface area contributed by atoms with E-state index < -0.39 is 86.4 Å². The minimum absolute atomic E-state index is 0.00239. The van der Waals surface area contributed by atoms with Crippen LogP contribution in [-0.4, -0.2) is 154 Å². The van der Waals surface area contributed by atoms with Crippen molar-refractivity contribution in [3.8, 4) is 0 Å². The first kappa shape index (κ1) is 30.7. The van der Waals surface area contributed by atoms with Crippen molar-refractivity contribution in [2.24, 2.45) is 0 Å². The number of aliphatic hydroxyl groups excluding tert-OH is 8. The number of carbonyl (C=O) groups excluding carboxylic acids is 2. The normalized spacial score (nSPS) is 36.9. The highest BCUT2D eigenvalue weighted by molar-refractivity contribution is 5.83. The van der Waals surface area contributed by atoms with Gasteiger partial charge in [-0.2, -0.15) is 0 Å². The van der Waals surface area contributed by atoms with Crippen molar-refractivity contribution in [1.82, 2.24) is 10.6 Å². The van der Waals surface area contributed by atoms with Crippen LogP contribution in [-0.2, 0) is 28.5 Å². The lowest BCUT2D eigenvalue weighted by molar-refractivity contribution is -0.300. The van der Waals surface area contributed by atoms with Gasteiger partial charge in [-0.3, -0.25) is 9.59 Å². The first-order valence-corrected chi connectivity index (χ1v) is 11.5. The summed E-state index contributed by atoms with van der Waals surface area (Å²) in [7, 11) is 0. The summed E-state index contributed by atoms with van der Waals surface area (Å²) in [4.78, 5) is 23.8. The third-order valence-electron chi connectivity index (χ3n) is 5.69. The Bertz CT molecular complexity index is 627. The van der Waals surface area contributed by atoms with Crippen molar-refractivity contribution in [2.45, 2.75) is 74.3 Å². The molecule has 36 heavy (non-hydrogen) atoms. The van der Waals surface area contributed by atoms with E-state index in [-0.39, 0.29) is 39.1 Å². The highest BCUT2D eigenvalue weighted by Crippen LogP contribution is 2.22. The number of hydrogen-bond donors (Lipinski definition) is 10. The van der Waals surface area contributed by atoms with Gasteiger partial charge in [-0.1, -0.05) is 0 Å². The Morgan fingerprint density at radius 3 is 1.31 bits per heavy atom. The van der Waals surface area contributed by atoms with Crippen LogP contribution in [0.5, 0.6) is 0 Å². The third kappa shape index (κ3) is 8.51. The van der Waals surface area contributed by atoms with Crippen LogP contribution >= 0.6 is 0 Å². The summed E-state index contributed by atoms with van der Waals surface area (Å²) in [5.41, 5.74) is 0. The zero-order valence-corrected chi connectivity index (χ0v) is 19.5. The second-order valence-electron chi connectivity index (χ2n) is 8.34. The lowest BCUT2D eigenvalue weighted by Crippen LogP contribution is -2.59. The first-order chi connectivity index (χ1) is 17.1. The van der Waals surface area contributed by atoms with Crippen LogP contribution in [0.3, 0.4) is 0 Å². The van der Waals surface area contributed by atoms with Crippen LogP contribution in [0.2, 0.25) is 0 Å². The summed E-state index contributed by atoms with van der Waals surface area (Å²) in [5.74, 6) is -0.916. The van der Waals surface area contributed by atoms with Crippen LogP contribution in [0, 0.1) is 0 Å². The maximum Gasteiger partial charge on any atom is 0.220 e. The number of aliphatic hydroxyl groups is 8. The van der Waals surface area contributed by atoms with Gasteiger partial charge in [-0.15, -0.1) is 0 Å². The molecule has 0 aromatic heterocycles. The number of amides is 2. The highest BCUT2D eigenvalue weighted by atomic mass is 16.7. The van der Waals surface area contributed by atoms with E-state index in [0.29, 0.717) is 0 Å². The Kier molecular flexibility index (Phi) is 12.8. The van der Waals surface area contributed by atoms with Crippen molar-refractivity contribution in [1.29, 1.82) is 0 Å². The number of ether oxygens (including phenoxy) is 4. The summed E-state index contributed by atoms with van der Waals surface area (Å²) < 4.78 is 20.8. The van der Waals surface area contributed by atoms with Crippen LogP contribution in [0.25, 0.3) is 0 Å². The van der Waals surface area contributed by atoms with Gasteiger partial charge < -0.3 is 70.4 Å². The molecule has 16 nitrogen and oxygen atoms in total. The molecule has 0 aromatic carbocycles. The van der Waals surface area contributed by atoms with Crippen LogP contribution < -0.4 is 10.6 Å². The Hall–Kier alpha value is -1.54. The van der Waals surface area contributed by atoms with E-state index in [2.05, 4.69) is 10.6 Å². The molecule has 6 unspecified atom stereocenters. The molecule has 2 aliphatic heterocycles. The molecule has 210 valence electrons. The molecule has 2 saturated heterocycles. The third-order valence-corrected chi connectivity index (χ3v) is 5.69. The molecule has 2 heterocycles. The molecule has 0 bridgehead atoms. The van der Waals surface area contributed by atoms with Crippen molar-refractivity contribution in [3.05, 3.63) is 0 Å². The van der Waals surface area contributed by atoms with Gasteiger partial charge in [0.1, 0.15) is 48.8 Å². The summed E-state index contributed by atoms with van der Waals surface area (Å²) in [5, 5.41) is 81.8. The summed E-state index contributed by atoms with van der Waals surface area (Å²) in [6.45, 7) is -1.41. The summed E-state index contributed by atoms with van der Waals surface area (Å²) in [6, 6.07) is 0. The molecule has 10 N–H and O–H groups in total. The van der Waals surface area contributed by atoms with Gasteiger partial charge >= 0.3 is 0 Å². The van der Waals surface area contributed by atoms with E-state index in [1.807, 2.05) is 0 Å². The van der Waals surface area contributed by atoms with Crippen LogP contribution in [0.15, 0.2) is 0 Å². The summed E-state index contributed by atoms with van der Waals surface area (Å²) in [6.07, 6.45) is -14.4. The lowest BCUT2D eigenvalue weighted by atomic mass is 9.99. The average Bonchev–Trinajstić information content (AvgIpc) is 2.87. The van der Waals surface area contributed by atoms with Gasteiger partial charge in [0.05, 0.1) is 26.4 Å². The fourth-order valence-corrected chi connectivity index (χ4v) is 3.55. The Morgan fingerprint density at radius 2 is 0.972 bits per heavy atom. The monoisotopic (exact) mass is 528 g/mol. The second-order valence-corrected chi connectivity index (χ2v) is 8.34. The first-order valence-electron chi connectivity index (χ1n) is 11.5. The fraction of sp³-hybridized carbons (Fsp3) is 0.900. The largest absolute Gasteiger partial charge is 0.394 e. The molecule has 0 radical (unpaired) electrons. The van der Waals surface area contributed by atoms with Gasteiger partial charge in [0.2, 0.25) is 11.8 Å². The van der Waals surface area contributed by atoms with Gasteiger partial charge in [-0.25, -0.2) is 0 Å². The fourth-order valence-electron chi connectivity index (χ4n) is 3.55. The van der Waals surface area contributed by atoms with Crippen molar-refractivity contribution < 1.29 is 69.4 Å². The maximum atomic E-state index is 11.9. The smallest absolute Gasteiger partial charge is 0.220 e. The minimum Gasteiger partial charge on any atom is -0.394 e. The highest BCUT2D eigenvalue weighted by Gasteiger charge is 2.45. The minimum atomic E-state index is -1.57. The molecule has 0 spiro atoms. The van der Waals surface area contributed by atoms with Gasteiger partial charge in [-0.05, 0) is 0 Å². The van der Waals surface area contributed by atoms with Gasteiger partial charge in [0.25, 0.3) is 0 Å². The lowest BCUT2D eigenvalue weighted by Gasteiger charge is -2.39. The van der Waals surface area contributed by atoms with E-state index in [1.54, 1.807) is 0 Å². The van der Waals surface area contributed by atoms with E-state index >= 15 is 0 Å². The molecule has 2 aliphatic rings. The van der Waals surface area contributed by atoms with Crippen molar-refractivity contribution in [2.75, 3.05) is 39.5 Å². The molecular weight excluding hydrogens is 492 g/mol. The van der Waals surface area contributed by atoms with Gasteiger partial charge in [0, 0.05) is 25.9 Å². The Labute approximate surface area is 206 Å². The molecule has 10 atom stereocenters. The van der Waals surface area contributed by atoms with E-state index in [0.717, 1.165) is 0 Å². The van der Waals surface area contributed by atoms with Crippen molar-refractivity contribution in [3.63, 3.8) is 0 Å². The predicted molar refractivity (Wildman–Crippen MR) is 115 cm³/mol. The molecule has 0 aromatic rings. The Morgan fingerprint density at radius 1 is 0.611 bits per heavy atom. The standard InChI is InChI=1S/C20H36N2O14/c23-7-9-13(27)15(29)17(31)19(35-9)33-5-3-21-11(25)1-2-12(26)22-4-6-34-20-18(32)16(30)14(28)10(8-24)36-20/h9-10,13-20,23-24,27-32H,1-8H2,(H,21,25)(H,22,26)/t9?,10?,13-,14-,15?,16?,17?,18?,19+,20+/m1/s1. The zero-order valence-electron chi connectivity index (χ0n) is 19.5. The molecule has 2 amide bonds. The Balaban J connectivity index is 1.56. The number of carbonyl (C=O) groups is 2. The van der Waals surface area contributed by atoms with E-state index in [9.17, 15) is 40.2 Å². The molecule has 16 heteroatoms. The second kappa shape index (κ2) is 15.0. The maximum absolute atomic E-state index is 11.9. The molecule has 0 saturated carbocycles. The van der Waals surface area contributed by atoms with Crippen LogP contribution in [0.1, 0.15) is 12.8 Å². The zero-order chi connectivity index (χ0) is 26.8. The number of hydrogen-bond acceptors (Lipinski definition) is 14. The summed E-state index contributed by atoms with van der Waals surface area (Å²) >= 11 is 0. The van der Waals surface area contributed by atoms with E-state index in [4.69, 9.17) is 29.2 Å². The van der Waals surface area contributed by atoms with Gasteiger partial charge in [0.15, 0.2) is 12.6 Å². The van der Waals surface area contributed by atoms with Crippen LogP contribution in [0.4, 0.5) is 0 Å². The molecule has 2 fully saturated rings. The quantitative estimate of drug-likeness (QED) is 0.0998. The number of nitrogens with one attached hydrogen (secondary N) is 2. The predicted octanol–water partition coefficient (Wildman–Crippen LogP) is -6.37. The average molecular weight is 529 g/mol. The van der Waals surface area contributed by atoms with Crippen molar-refractivity contribution >= 4 is 11.8 Å². The molecule has 0 aliphatic carbocycles. The SMILES string of the molecule is O=C(CCC(=O)NCCO[C@H]1OC(CO)[C@@H](O)C(O)C1O)NCCO[C@H]1OC(CO)[C@@H](O)C(O)C1O. The van der Waals surface area contributed by atoms with E-state index in [1.165, 1.54) is 0 Å². The molecule has 2 rings (SSSR count). The number of rotatable bonds is 13. The molecular formula is C20H36N2O14.